The van der Waals surface area contributed by atoms with Crippen LogP contribution >= 0.6 is 0 Å². The Hall–Kier alpha value is -3.11. The van der Waals surface area contributed by atoms with Gasteiger partial charge in [0.2, 0.25) is 5.91 Å². The third-order valence-electron chi connectivity index (χ3n) is 3.11. The normalized spacial score (nSPS) is 11.2. The number of nitrogens with zero attached hydrogens (tertiary/aromatic N) is 3. The molecule has 1 aromatic heterocycles. The van der Waals surface area contributed by atoms with Crippen LogP contribution in [0.1, 0.15) is 11.4 Å². The number of anilines is 1. The van der Waals surface area contributed by atoms with Gasteiger partial charge in [-0.05, 0) is 13.0 Å². The molecule has 1 heterocycles. The third-order valence-corrected chi connectivity index (χ3v) is 3.11. The molecule has 1 N–H and O–H groups in total. The van der Waals surface area contributed by atoms with Crippen molar-refractivity contribution >= 4 is 17.3 Å². The summed E-state index contributed by atoms with van der Waals surface area (Å²) >= 11 is 0. The molecule has 1 amide bonds. The van der Waals surface area contributed by atoms with Gasteiger partial charge in [-0.25, -0.2) is 0 Å². The quantitative estimate of drug-likeness (QED) is 0.654. The number of halogens is 3. The number of alkyl halides is 3. The first-order valence-corrected chi connectivity index (χ1v) is 6.85. The summed E-state index contributed by atoms with van der Waals surface area (Å²) in [5, 5.41) is 16.8. The summed E-state index contributed by atoms with van der Waals surface area (Å²) < 4.78 is 44.1. The Labute approximate surface area is 139 Å². The van der Waals surface area contributed by atoms with Crippen molar-refractivity contribution in [3.05, 3.63) is 45.8 Å². The molecule has 134 valence electrons. The van der Waals surface area contributed by atoms with Gasteiger partial charge < -0.3 is 10.1 Å². The van der Waals surface area contributed by atoms with Crippen molar-refractivity contribution in [1.29, 1.82) is 0 Å². The summed E-state index contributed by atoms with van der Waals surface area (Å²) in [5.41, 5.74) is -1.26. The number of rotatable bonds is 5. The maximum absolute atomic E-state index is 12.9. The van der Waals surface area contributed by atoms with E-state index in [0.29, 0.717) is 4.68 Å². The first kappa shape index (κ1) is 18.2. The van der Waals surface area contributed by atoms with E-state index >= 15 is 0 Å². The number of nitro groups is 1. The van der Waals surface area contributed by atoms with Crippen molar-refractivity contribution in [2.75, 3.05) is 12.4 Å². The predicted octanol–water partition coefficient (Wildman–Crippen LogP) is 2.77. The van der Waals surface area contributed by atoms with Gasteiger partial charge >= 0.3 is 6.18 Å². The molecular weight excluding hydrogens is 345 g/mol. The minimum atomic E-state index is -4.66. The lowest BCUT2D eigenvalue weighted by Crippen LogP contribution is -2.23. The number of non-ortho nitro benzene ring substituents is 1. The lowest BCUT2D eigenvalue weighted by molar-refractivity contribution is -0.384. The van der Waals surface area contributed by atoms with Crippen molar-refractivity contribution in [2.45, 2.75) is 19.6 Å². The molecule has 0 saturated heterocycles. The highest BCUT2D eigenvalue weighted by Crippen LogP contribution is 2.30. The van der Waals surface area contributed by atoms with E-state index in [1.54, 1.807) is 0 Å². The van der Waals surface area contributed by atoms with Crippen LogP contribution in [0.25, 0.3) is 0 Å². The van der Waals surface area contributed by atoms with Crippen LogP contribution < -0.4 is 10.1 Å². The molecule has 0 aliphatic rings. The molecule has 25 heavy (non-hydrogen) atoms. The molecule has 2 aromatic rings. The molecule has 11 heteroatoms. The Morgan fingerprint density at radius 1 is 1.36 bits per heavy atom. The van der Waals surface area contributed by atoms with E-state index in [9.17, 15) is 28.1 Å². The maximum Gasteiger partial charge on any atom is 0.433 e. The van der Waals surface area contributed by atoms with E-state index in [-0.39, 0.29) is 22.8 Å². The Kier molecular flexibility index (Phi) is 4.95. The van der Waals surface area contributed by atoms with Gasteiger partial charge in [0.15, 0.2) is 0 Å². The number of nitro benzene ring substituents is 1. The van der Waals surface area contributed by atoms with Crippen molar-refractivity contribution < 1.29 is 27.6 Å². The number of methoxy groups -OCH3 is 1. The third kappa shape index (κ3) is 4.46. The maximum atomic E-state index is 12.9. The number of aromatic nitrogens is 2. The molecule has 0 spiro atoms. The summed E-state index contributed by atoms with van der Waals surface area (Å²) in [6.45, 7) is 0.669. The predicted molar refractivity (Wildman–Crippen MR) is 80.2 cm³/mol. The average molecular weight is 358 g/mol. The summed E-state index contributed by atoms with van der Waals surface area (Å²) in [6, 6.07) is 4.35. The molecule has 0 atom stereocenters. The Balaban J connectivity index is 2.21. The first-order chi connectivity index (χ1) is 11.6. The number of hydrogen-bond acceptors (Lipinski definition) is 5. The molecule has 0 aliphatic carbocycles. The molecule has 0 saturated carbocycles. The molecule has 1 aromatic carbocycles. The monoisotopic (exact) mass is 358 g/mol. The highest BCUT2D eigenvalue weighted by atomic mass is 19.4. The lowest BCUT2D eigenvalue weighted by atomic mass is 10.2. The number of carbonyl (C=O) groups is 1. The fourth-order valence-electron chi connectivity index (χ4n) is 2.11. The second-order valence-corrected chi connectivity index (χ2v) is 5.05. The smallest absolute Gasteiger partial charge is 0.433 e. The standard InChI is InChI=1S/C14H13F3N4O4/c1-8-3-12(14(15,16)17)20(19-8)7-13(22)18-9-4-10(21(23)24)6-11(5-9)25-2/h3-6H,7H2,1-2H3,(H,18,22). The van der Waals surface area contributed by atoms with Gasteiger partial charge in [-0.15, -0.1) is 0 Å². The Bertz CT molecular complexity index is 817. The Morgan fingerprint density at radius 2 is 2.04 bits per heavy atom. The van der Waals surface area contributed by atoms with E-state index in [4.69, 9.17) is 4.74 Å². The van der Waals surface area contributed by atoms with Gasteiger partial charge in [0, 0.05) is 12.1 Å². The molecule has 0 fully saturated rings. The molecule has 2 rings (SSSR count). The van der Waals surface area contributed by atoms with E-state index < -0.39 is 29.2 Å². The summed E-state index contributed by atoms with van der Waals surface area (Å²) in [5.74, 6) is -0.702. The molecule has 8 nitrogen and oxygen atoms in total. The van der Waals surface area contributed by atoms with Gasteiger partial charge in [-0.2, -0.15) is 18.3 Å². The van der Waals surface area contributed by atoms with Crippen LogP contribution in [0.2, 0.25) is 0 Å². The zero-order chi connectivity index (χ0) is 18.8. The SMILES string of the molecule is COc1cc(NC(=O)Cn2nc(C)cc2C(F)(F)F)cc([N+](=O)[O-])c1. The van der Waals surface area contributed by atoms with Gasteiger partial charge in [0.25, 0.3) is 5.69 Å². The van der Waals surface area contributed by atoms with E-state index in [1.807, 2.05) is 0 Å². The average Bonchev–Trinajstić information content (AvgIpc) is 2.87. The minimum Gasteiger partial charge on any atom is -0.496 e. The van der Waals surface area contributed by atoms with Crippen LogP contribution in [0, 0.1) is 17.0 Å². The number of ether oxygens (including phenoxy) is 1. The van der Waals surface area contributed by atoms with E-state index in [0.717, 1.165) is 18.2 Å². The first-order valence-electron chi connectivity index (χ1n) is 6.85. The van der Waals surface area contributed by atoms with Crippen LogP contribution in [-0.4, -0.2) is 27.7 Å². The van der Waals surface area contributed by atoms with E-state index in [1.165, 1.54) is 20.1 Å². The largest absolute Gasteiger partial charge is 0.496 e. The fraction of sp³-hybridized carbons (Fsp3) is 0.286. The van der Waals surface area contributed by atoms with Gasteiger partial charge in [0.05, 0.1) is 29.5 Å². The summed E-state index contributed by atoms with van der Waals surface area (Å²) in [4.78, 5) is 22.2. The van der Waals surface area contributed by atoms with Crippen molar-refractivity contribution in [2.24, 2.45) is 0 Å². The van der Waals surface area contributed by atoms with Gasteiger partial charge in [0.1, 0.15) is 18.0 Å². The number of nitrogens with one attached hydrogen (secondary N) is 1. The highest BCUT2D eigenvalue weighted by molar-refractivity contribution is 5.91. The summed E-state index contributed by atoms with van der Waals surface area (Å²) in [6.07, 6.45) is -4.66. The highest BCUT2D eigenvalue weighted by Gasteiger charge is 2.35. The Morgan fingerprint density at radius 3 is 2.60 bits per heavy atom. The van der Waals surface area contributed by atoms with Crippen LogP contribution in [0.3, 0.4) is 0 Å². The number of hydrogen-bond donors (Lipinski definition) is 1. The van der Waals surface area contributed by atoms with Crippen molar-refractivity contribution in [3.63, 3.8) is 0 Å². The van der Waals surface area contributed by atoms with Crippen molar-refractivity contribution in [3.8, 4) is 5.75 Å². The van der Waals surface area contributed by atoms with Crippen LogP contribution in [0.5, 0.6) is 5.75 Å². The van der Waals surface area contributed by atoms with Gasteiger partial charge in [-0.1, -0.05) is 0 Å². The van der Waals surface area contributed by atoms with Crippen LogP contribution in [-0.2, 0) is 17.5 Å². The number of benzene rings is 1. The zero-order valence-electron chi connectivity index (χ0n) is 13.1. The number of carbonyl (C=O) groups excluding carboxylic acids is 1. The fourth-order valence-corrected chi connectivity index (χ4v) is 2.11. The topological polar surface area (TPSA) is 99.3 Å². The van der Waals surface area contributed by atoms with Gasteiger partial charge in [-0.3, -0.25) is 19.6 Å². The van der Waals surface area contributed by atoms with Crippen molar-refractivity contribution in [1.82, 2.24) is 9.78 Å². The number of amides is 1. The van der Waals surface area contributed by atoms with Crippen LogP contribution in [0.15, 0.2) is 24.3 Å². The molecular formula is C14H13F3N4O4. The second kappa shape index (κ2) is 6.79. The second-order valence-electron chi connectivity index (χ2n) is 5.05. The molecule has 0 radical (unpaired) electrons. The van der Waals surface area contributed by atoms with E-state index in [2.05, 4.69) is 10.4 Å². The molecule has 0 bridgehead atoms. The minimum absolute atomic E-state index is 0.0217. The summed E-state index contributed by atoms with van der Waals surface area (Å²) in [7, 11) is 1.28. The zero-order valence-corrected chi connectivity index (χ0v) is 13.1. The number of aryl methyl sites for hydroxylation is 1. The van der Waals surface area contributed by atoms with Crippen LogP contribution in [0.4, 0.5) is 24.5 Å². The molecule has 0 unspecified atom stereocenters. The lowest BCUT2D eigenvalue weighted by Gasteiger charge is -2.11. The molecule has 0 aliphatic heterocycles.